The van der Waals surface area contributed by atoms with E-state index in [4.69, 9.17) is 4.74 Å². The molecule has 2 aromatic rings. The van der Waals surface area contributed by atoms with Crippen molar-refractivity contribution in [2.75, 3.05) is 0 Å². The predicted molar refractivity (Wildman–Crippen MR) is 86.2 cm³/mol. The second kappa shape index (κ2) is 7.86. The van der Waals surface area contributed by atoms with Gasteiger partial charge >= 0.3 is 6.18 Å². The third kappa shape index (κ3) is 5.47. The van der Waals surface area contributed by atoms with Gasteiger partial charge in [0, 0.05) is 0 Å². The Kier molecular flexibility index (Phi) is 5.85. The molecule has 0 atom stereocenters. The van der Waals surface area contributed by atoms with E-state index in [1.807, 2.05) is 24.3 Å². The van der Waals surface area contributed by atoms with Crippen LogP contribution in [0, 0.1) is 0 Å². The first-order valence-electron chi connectivity index (χ1n) is 7.54. The number of benzene rings is 2. The molecule has 0 spiro atoms. The van der Waals surface area contributed by atoms with Gasteiger partial charge in [0.25, 0.3) is 0 Å². The number of halogens is 3. The van der Waals surface area contributed by atoms with Crippen LogP contribution in [-0.2, 0) is 12.8 Å². The highest BCUT2D eigenvalue weighted by atomic mass is 19.4. The summed E-state index contributed by atoms with van der Waals surface area (Å²) in [5.41, 5.74) is 1.15. The van der Waals surface area contributed by atoms with Crippen molar-refractivity contribution < 1.29 is 17.9 Å². The molecule has 0 aliphatic carbocycles. The molecule has 0 heterocycles. The van der Waals surface area contributed by atoms with E-state index in [-0.39, 0.29) is 6.61 Å². The highest BCUT2D eigenvalue weighted by molar-refractivity contribution is 5.50. The Morgan fingerprint density at radius 2 is 1.61 bits per heavy atom. The largest absolute Gasteiger partial charge is 0.489 e. The minimum absolute atomic E-state index is 0.239. The van der Waals surface area contributed by atoms with Crippen molar-refractivity contribution >= 4 is 6.08 Å². The molecule has 0 saturated heterocycles. The lowest BCUT2D eigenvalue weighted by Crippen LogP contribution is -2.05. The second-order valence-electron chi connectivity index (χ2n) is 5.24. The van der Waals surface area contributed by atoms with Crippen molar-refractivity contribution in [3.05, 3.63) is 71.3 Å². The molecule has 0 fully saturated rings. The number of hydrogen-bond donors (Lipinski definition) is 0. The lowest BCUT2D eigenvalue weighted by molar-refractivity contribution is -0.137. The van der Waals surface area contributed by atoms with Crippen LogP contribution in [-0.4, -0.2) is 0 Å². The maximum atomic E-state index is 12.5. The van der Waals surface area contributed by atoms with Crippen LogP contribution in [0.25, 0.3) is 6.08 Å². The van der Waals surface area contributed by atoms with E-state index in [2.05, 4.69) is 19.1 Å². The van der Waals surface area contributed by atoms with Crippen molar-refractivity contribution in [3.63, 3.8) is 0 Å². The summed E-state index contributed by atoms with van der Waals surface area (Å²) >= 11 is 0. The number of allylic oxidation sites excluding steroid dienone is 1. The van der Waals surface area contributed by atoms with Crippen LogP contribution in [0.4, 0.5) is 13.2 Å². The highest BCUT2D eigenvalue weighted by Gasteiger charge is 2.29. The average Bonchev–Trinajstić information content (AvgIpc) is 2.54. The number of alkyl halides is 3. The smallest absolute Gasteiger partial charge is 0.416 e. The van der Waals surface area contributed by atoms with Gasteiger partial charge in [-0.25, -0.2) is 0 Å². The van der Waals surface area contributed by atoms with Crippen LogP contribution in [0.15, 0.2) is 54.6 Å². The molecule has 0 bridgehead atoms. The molecule has 0 unspecified atom stereocenters. The Hall–Kier alpha value is -2.23. The van der Waals surface area contributed by atoms with Crippen LogP contribution in [0.2, 0.25) is 0 Å². The van der Waals surface area contributed by atoms with Crippen LogP contribution in [0.1, 0.15) is 36.5 Å². The van der Waals surface area contributed by atoms with E-state index in [0.717, 1.165) is 30.5 Å². The first-order valence-corrected chi connectivity index (χ1v) is 7.54. The van der Waals surface area contributed by atoms with Crippen molar-refractivity contribution in [1.29, 1.82) is 0 Å². The first-order chi connectivity index (χ1) is 11.0. The molecule has 0 aliphatic heterocycles. The summed E-state index contributed by atoms with van der Waals surface area (Å²) in [6.45, 7) is 2.37. The molecule has 0 saturated carbocycles. The summed E-state index contributed by atoms with van der Waals surface area (Å²) in [5.74, 6) is 0.692. The predicted octanol–water partition coefficient (Wildman–Crippen LogP) is 6.10. The molecule has 2 rings (SSSR count). The fourth-order valence-electron chi connectivity index (χ4n) is 2.02. The van der Waals surface area contributed by atoms with Crippen LogP contribution >= 0.6 is 0 Å². The zero-order valence-electron chi connectivity index (χ0n) is 12.9. The van der Waals surface area contributed by atoms with E-state index >= 15 is 0 Å². The van der Waals surface area contributed by atoms with Gasteiger partial charge in [-0.3, -0.25) is 0 Å². The average molecular weight is 320 g/mol. The first kappa shape index (κ1) is 17.1. The molecule has 0 amide bonds. The Balaban J connectivity index is 1.90. The monoisotopic (exact) mass is 320 g/mol. The molecule has 0 aromatic heterocycles. The molecule has 23 heavy (non-hydrogen) atoms. The van der Waals surface area contributed by atoms with Gasteiger partial charge in [-0.2, -0.15) is 13.2 Å². The van der Waals surface area contributed by atoms with Gasteiger partial charge in [0.05, 0.1) is 5.56 Å². The van der Waals surface area contributed by atoms with Gasteiger partial charge in [-0.15, -0.1) is 0 Å². The Labute approximate surface area is 134 Å². The number of ether oxygens (including phenoxy) is 1. The summed E-state index contributed by atoms with van der Waals surface area (Å²) in [7, 11) is 0. The topological polar surface area (TPSA) is 9.23 Å². The molecule has 1 nitrogen and oxygen atoms in total. The lowest BCUT2D eigenvalue weighted by atomic mass is 10.1. The zero-order chi connectivity index (χ0) is 16.7. The van der Waals surface area contributed by atoms with Crippen molar-refractivity contribution in [2.45, 2.75) is 32.5 Å². The van der Waals surface area contributed by atoms with Crippen LogP contribution in [0.5, 0.6) is 5.75 Å². The molecule has 122 valence electrons. The molecule has 0 N–H and O–H groups in total. The molecular weight excluding hydrogens is 301 g/mol. The Bertz CT molecular complexity index is 625. The summed E-state index contributed by atoms with van der Waals surface area (Å²) < 4.78 is 43.0. The maximum Gasteiger partial charge on any atom is 0.416 e. The molecule has 4 heteroatoms. The van der Waals surface area contributed by atoms with Crippen LogP contribution in [0.3, 0.4) is 0 Å². The van der Waals surface area contributed by atoms with Crippen LogP contribution < -0.4 is 4.74 Å². The molecule has 0 radical (unpaired) electrons. The fraction of sp³-hybridized carbons (Fsp3) is 0.263. The van der Waals surface area contributed by atoms with E-state index in [9.17, 15) is 13.2 Å². The number of hydrogen-bond acceptors (Lipinski definition) is 1. The summed E-state index contributed by atoms with van der Waals surface area (Å²) in [6.07, 6.45) is 2.04. The summed E-state index contributed by atoms with van der Waals surface area (Å²) in [5, 5.41) is 0. The quantitative estimate of drug-likeness (QED) is 0.625. The van der Waals surface area contributed by atoms with Crippen molar-refractivity contribution in [3.8, 4) is 5.75 Å². The lowest BCUT2D eigenvalue weighted by Gasteiger charge is -2.09. The summed E-state index contributed by atoms with van der Waals surface area (Å²) in [6, 6.07) is 12.6. The van der Waals surface area contributed by atoms with Gasteiger partial charge in [0.1, 0.15) is 12.4 Å². The number of rotatable bonds is 6. The SMILES string of the molecule is CCC/C=C/c1ccc(OCc2ccc(C(F)(F)F)cc2)cc1. The van der Waals surface area contributed by atoms with E-state index in [0.29, 0.717) is 11.3 Å². The second-order valence-corrected chi connectivity index (χ2v) is 5.24. The van der Waals surface area contributed by atoms with E-state index in [1.54, 1.807) is 0 Å². The maximum absolute atomic E-state index is 12.5. The Morgan fingerprint density at radius 1 is 0.957 bits per heavy atom. The molecule has 2 aromatic carbocycles. The van der Waals surface area contributed by atoms with Gasteiger partial charge < -0.3 is 4.74 Å². The number of unbranched alkanes of at least 4 members (excludes halogenated alkanes) is 1. The van der Waals surface area contributed by atoms with Crippen molar-refractivity contribution in [2.24, 2.45) is 0 Å². The summed E-state index contributed by atoms with van der Waals surface area (Å²) in [4.78, 5) is 0. The van der Waals surface area contributed by atoms with Gasteiger partial charge in [-0.05, 0) is 41.8 Å². The Morgan fingerprint density at radius 3 is 2.17 bits per heavy atom. The highest BCUT2D eigenvalue weighted by Crippen LogP contribution is 2.29. The van der Waals surface area contributed by atoms with Crippen molar-refractivity contribution in [1.82, 2.24) is 0 Å². The zero-order valence-corrected chi connectivity index (χ0v) is 12.9. The van der Waals surface area contributed by atoms with E-state index < -0.39 is 11.7 Å². The molecular formula is C19H19F3O. The van der Waals surface area contributed by atoms with E-state index in [1.165, 1.54) is 12.1 Å². The third-order valence-electron chi connectivity index (χ3n) is 3.33. The van der Waals surface area contributed by atoms with Gasteiger partial charge in [-0.1, -0.05) is 49.8 Å². The normalized spacial score (nSPS) is 11.8. The van der Waals surface area contributed by atoms with Gasteiger partial charge in [0.15, 0.2) is 0 Å². The molecule has 0 aliphatic rings. The standard InChI is InChI=1S/C19H19F3O/c1-2-3-4-5-15-8-12-18(13-9-15)23-14-16-6-10-17(11-7-16)19(20,21)22/h4-13H,2-3,14H2,1H3/b5-4+. The third-order valence-corrected chi connectivity index (χ3v) is 3.33. The minimum atomic E-state index is -4.31. The minimum Gasteiger partial charge on any atom is -0.489 e. The van der Waals surface area contributed by atoms with Gasteiger partial charge in [0.2, 0.25) is 0 Å². The fourth-order valence-corrected chi connectivity index (χ4v) is 2.02.